The molecule has 0 aromatic heterocycles. The minimum atomic E-state index is -1.04. The van der Waals surface area contributed by atoms with Crippen LogP contribution in [0.1, 0.15) is 19.4 Å². The Morgan fingerprint density at radius 1 is 1.04 bits per heavy atom. The fraction of sp³-hybridized carbons (Fsp3) is 0.211. The second-order valence-electron chi connectivity index (χ2n) is 6.36. The Morgan fingerprint density at radius 2 is 1.79 bits per heavy atom. The average molecular weight is 386 g/mol. The first-order valence-corrected chi connectivity index (χ1v) is 8.48. The molecule has 24 heavy (non-hydrogen) atoms. The molecule has 4 rings (SSSR count). The SMILES string of the molecule is CC1(C)OC(=O)N(c2ccccc2)[C@]12C=Cc1cc(Br)ccc1O2. The standard InChI is InChI=1S/C19H16BrNO3/c1-18(2)19(11-10-13-12-14(20)8-9-16(13)23-19)21(17(22)24-18)15-6-4-3-5-7-15/h3-12H,1-2H3/t19-/m0/s1. The van der Waals surface area contributed by atoms with Crippen LogP contribution in [0.5, 0.6) is 5.75 Å². The van der Waals surface area contributed by atoms with Gasteiger partial charge in [0.15, 0.2) is 5.60 Å². The third kappa shape index (κ3) is 2.08. The molecule has 2 aromatic rings. The van der Waals surface area contributed by atoms with Crippen molar-refractivity contribution in [1.82, 2.24) is 0 Å². The van der Waals surface area contributed by atoms with E-state index in [1.807, 2.05) is 74.5 Å². The quantitative estimate of drug-likeness (QED) is 0.694. The van der Waals surface area contributed by atoms with E-state index in [9.17, 15) is 4.79 Å². The zero-order valence-electron chi connectivity index (χ0n) is 13.3. The fourth-order valence-electron chi connectivity index (χ4n) is 3.21. The summed E-state index contributed by atoms with van der Waals surface area (Å²) in [5.41, 5.74) is -0.190. The topological polar surface area (TPSA) is 38.8 Å². The van der Waals surface area contributed by atoms with E-state index in [1.54, 1.807) is 4.90 Å². The second kappa shape index (κ2) is 5.11. The maximum absolute atomic E-state index is 12.6. The highest BCUT2D eigenvalue weighted by molar-refractivity contribution is 9.10. The number of anilines is 1. The molecule has 0 radical (unpaired) electrons. The molecule has 122 valence electrons. The van der Waals surface area contributed by atoms with Crippen molar-refractivity contribution in [2.24, 2.45) is 0 Å². The van der Waals surface area contributed by atoms with E-state index in [0.717, 1.165) is 15.7 Å². The van der Waals surface area contributed by atoms with Crippen LogP contribution in [0.15, 0.2) is 59.1 Å². The number of para-hydroxylation sites is 1. The second-order valence-corrected chi connectivity index (χ2v) is 7.28. The van der Waals surface area contributed by atoms with Crippen molar-refractivity contribution in [3.8, 4) is 5.75 Å². The third-order valence-corrected chi connectivity index (χ3v) is 4.95. The van der Waals surface area contributed by atoms with Crippen molar-refractivity contribution in [1.29, 1.82) is 0 Å². The number of halogens is 1. The number of nitrogens with zero attached hydrogens (tertiary/aromatic N) is 1. The monoisotopic (exact) mass is 385 g/mol. The van der Waals surface area contributed by atoms with Crippen LogP contribution in [0.4, 0.5) is 10.5 Å². The molecule has 2 aliphatic rings. The summed E-state index contributed by atoms with van der Waals surface area (Å²) in [5, 5.41) is 0. The molecule has 0 bridgehead atoms. The molecule has 4 nitrogen and oxygen atoms in total. The predicted octanol–water partition coefficient (Wildman–Crippen LogP) is 4.99. The number of benzene rings is 2. The summed E-state index contributed by atoms with van der Waals surface area (Å²) in [5.74, 6) is 0.716. The minimum absolute atomic E-state index is 0.420. The minimum Gasteiger partial charge on any atom is -0.459 e. The van der Waals surface area contributed by atoms with Gasteiger partial charge >= 0.3 is 6.09 Å². The molecule has 2 aromatic carbocycles. The van der Waals surface area contributed by atoms with Gasteiger partial charge < -0.3 is 9.47 Å². The Hall–Kier alpha value is -2.27. The third-order valence-electron chi connectivity index (χ3n) is 4.46. The number of amides is 1. The normalized spacial score (nSPS) is 23.8. The molecule has 2 aliphatic heterocycles. The summed E-state index contributed by atoms with van der Waals surface area (Å²) >= 11 is 3.47. The Kier molecular flexibility index (Phi) is 3.25. The fourth-order valence-corrected chi connectivity index (χ4v) is 3.59. The number of ether oxygens (including phenoxy) is 2. The smallest absolute Gasteiger partial charge is 0.418 e. The van der Waals surface area contributed by atoms with Gasteiger partial charge in [-0.15, -0.1) is 0 Å². The number of hydrogen-bond acceptors (Lipinski definition) is 3. The first kappa shape index (κ1) is 15.3. The van der Waals surface area contributed by atoms with Crippen molar-refractivity contribution in [2.45, 2.75) is 25.2 Å². The molecule has 0 saturated carbocycles. The van der Waals surface area contributed by atoms with Crippen LogP contribution in [-0.2, 0) is 4.74 Å². The highest BCUT2D eigenvalue weighted by Crippen LogP contribution is 2.47. The van der Waals surface area contributed by atoms with Gasteiger partial charge in [-0.2, -0.15) is 0 Å². The van der Waals surface area contributed by atoms with Crippen LogP contribution in [0.2, 0.25) is 0 Å². The van der Waals surface area contributed by atoms with E-state index in [-0.39, 0.29) is 0 Å². The van der Waals surface area contributed by atoms with E-state index in [0.29, 0.717) is 5.75 Å². The summed E-state index contributed by atoms with van der Waals surface area (Å²) in [6.07, 6.45) is 3.46. The molecule has 1 atom stereocenters. The lowest BCUT2D eigenvalue weighted by molar-refractivity contribution is -0.0379. The summed E-state index contributed by atoms with van der Waals surface area (Å²) in [6, 6.07) is 15.2. The van der Waals surface area contributed by atoms with E-state index in [1.165, 1.54) is 0 Å². The molecule has 2 heterocycles. The van der Waals surface area contributed by atoms with Gasteiger partial charge in [-0.1, -0.05) is 34.1 Å². The van der Waals surface area contributed by atoms with Crippen molar-refractivity contribution < 1.29 is 14.3 Å². The summed E-state index contributed by atoms with van der Waals surface area (Å²) < 4.78 is 13.0. The van der Waals surface area contributed by atoms with Gasteiger partial charge in [-0.25, -0.2) is 9.69 Å². The molecule has 1 spiro atoms. The number of hydrogen-bond donors (Lipinski definition) is 0. The number of fused-ring (bicyclic) bond motifs is 1. The molecular formula is C19H16BrNO3. The lowest BCUT2D eigenvalue weighted by Gasteiger charge is -2.42. The van der Waals surface area contributed by atoms with Gasteiger partial charge in [-0.05, 0) is 56.3 Å². The Bertz CT molecular complexity index is 847. The molecule has 0 N–H and O–H groups in total. The van der Waals surface area contributed by atoms with E-state index >= 15 is 0 Å². The number of carbonyl (C=O) groups excluding carboxylic acids is 1. The zero-order chi connectivity index (χ0) is 16.9. The lowest BCUT2D eigenvalue weighted by Crippen LogP contribution is -2.60. The van der Waals surface area contributed by atoms with Crippen LogP contribution < -0.4 is 9.64 Å². The molecule has 0 aliphatic carbocycles. The largest absolute Gasteiger partial charge is 0.459 e. The van der Waals surface area contributed by atoms with Gasteiger partial charge in [0.1, 0.15) is 5.75 Å². The van der Waals surface area contributed by atoms with Gasteiger partial charge in [-0.3, -0.25) is 0 Å². The Balaban J connectivity index is 1.88. The first-order chi connectivity index (χ1) is 11.4. The number of carbonyl (C=O) groups is 1. The zero-order valence-corrected chi connectivity index (χ0v) is 14.9. The van der Waals surface area contributed by atoms with Gasteiger partial charge in [0.2, 0.25) is 0 Å². The maximum Gasteiger partial charge on any atom is 0.418 e. The molecular weight excluding hydrogens is 370 g/mol. The van der Waals surface area contributed by atoms with Crippen LogP contribution in [0.25, 0.3) is 6.08 Å². The van der Waals surface area contributed by atoms with Crippen molar-refractivity contribution in [3.63, 3.8) is 0 Å². The highest BCUT2D eigenvalue weighted by atomic mass is 79.9. The predicted molar refractivity (Wildman–Crippen MR) is 96.0 cm³/mol. The number of rotatable bonds is 1. The Labute approximate surface area is 148 Å². The molecule has 1 amide bonds. The van der Waals surface area contributed by atoms with E-state index < -0.39 is 17.4 Å². The molecule has 1 saturated heterocycles. The van der Waals surface area contributed by atoms with Crippen LogP contribution in [-0.4, -0.2) is 17.4 Å². The Morgan fingerprint density at radius 3 is 2.54 bits per heavy atom. The van der Waals surface area contributed by atoms with Crippen LogP contribution in [0, 0.1) is 0 Å². The first-order valence-electron chi connectivity index (χ1n) is 7.69. The van der Waals surface area contributed by atoms with E-state index in [4.69, 9.17) is 9.47 Å². The number of cyclic esters (lactones) is 1. The van der Waals surface area contributed by atoms with Crippen LogP contribution in [0.3, 0.4) is 0 Å². The van der Waals surface area contributed by atoms with Crippen molar-refractivity contribution >= 4 is 33.8 Å². The van der Waals surface area contributed by atoms with Gasteiger partial charge in [0.25, 0.3) is 5.72 Å². The van der Waals surface area contributed by atoms with Gasteiger partial charge in [0.05, 0.1) is 5.69 Å². The summed E-state index contributed by atoms with van der Waals surface area (Å²) in [7, 11) is 0. The molecule has 1 fully saturated rings. The van der Waals surface area contributed by atoms with Crippen molar-refractivity contribution in [3.05, 3.63) is 64.6 Å². The average Bonchev–Trinajstić information content (AvgIpc) is 2.74. The summed E-state index contributed by atoms with van der Waals surface area (Å²) in [6.45, 7) is 3.73. The lowest BCUT2D eigenvalue weighted by atomic mass is 9.90. The molecule has 5 heteroatoms. The maximum atomic E-state index is 12.6. The van der Waals surface area contributed by atoms with Crippen molar-refractivity contribution in [2.75, 3.05) is 4.90 Å². The van der Waals surface area contributed by atoms with E-state index in [2.05, 4.69) is 15.9 Å². The highest BCUT2D eigenvalue weighted by Gasteiger charge is 2.63. The summed E-state index contributed by atoms with van der Waals surface area (Å²) in [4.78, 5) is 14.2. The van der Waals surface area contributed by atoms with Crippen LogP contribution >= 0.6 is 15.9 Å². The molecule has 0 unspecified atom stereocenters. The van der Waals surface area contributed by atoms with Gasteiger partial charge in [0, 0.05) is 10.0 Å².